The van der Waals surface area contributed by atoms with Crippen molar-refractivity contribution in [2.75, 3.05) is 16.8 Å². The van der Waals surface area contributed by atoms with Gasteiger partial charge in [-0.25, -0.2) is 4.98 Å². The van der Waals surface area contributed by atoms with E-state index in [1.165, 1.54) is 23.1 Å². The molecular weight excluding hydrogens is 392 g/mol. The summed E-state index contributed by atoms with van der Waals surface area (Å²) in [7, 11) is 0. The number of carbonyl (C=O) groups is 1. The first-order valence-electron chi connectivity index (χ1n) is 8.14. The SMILES string of the molecule is N#Cc1c(N)nc(SCCC(=O)Nc2ccncc2)c(C#N)c1-c1cccs1. The van der Waals surface area contributed by atoms with E-state index >= 15 is 0 Å². The lowest BCUT2D eigenvalue weighted by molar-refractivity contribution is -0.115. The number of carbonyl (C=O) groups excluding carboxylic acids is 1. The van der Waals surface area contributed by atoms with Gasteiger partial charge in [0.25, 0.3) is 0 Å². The van der Waals surface area contributed by atoms with Gasteiger partial charge in [-0.1, -0.05) is 6.07 Å². The standard InChI is InChI=1S/C19H14N6OS2/c20-10-13-17(15-2-1-8-27-15)14(11-21)19(25-18(13)22)28-9-5-16(26)24-12-3-6-23-7-4-12/h1-4,6-8H,5,9H2,(H2,22,25)(H,23,24,26). The molecule has 3 rings (SSSR count). The molecule has 0 bridgehead atoms. The molecule has 1 amide bonds. The van der Waals surface area contributed by atoms with Crippen molar-refractivity contribution in [2.45, 2.75) is 11.4 Å². The molecule has 0 atom stereocenters. The smallest absolute Gasteiger partial charge is 0.225 e. The minimum absolute atomic E-state index is 0.0774. The highest BCUT2D eigenvalue weighted by Gasteiger charge is 2.21. The van der Waals surface area contributed by atoms with Crippen molar-refractivity contribution in [3.8, 4) is 22.6 Å². The number of hydrogen-bond donors (Lipinski definition) is 2. The van der Waals surface area contributed by atoms with Gasteiger partial charge in [0.15, 0.2) is 0 Å². The van der Waals surface area contributed by atoms with Crippen LogP contribution in [0.2, 0.25) is 0 Å². The quantitative estimate of drug-likeness (QED) is 0.598. The number of thiophene rings is 1. The van der Waals surface area contributed by atoms with E-state index in [1.807, 2.05) is 23.6 Å². The van der Waals surface area contributed by atoms with Crippen LogP contribution in [0.15, 0.2) is 47.1 Å². The predicted octanol–water partition coefficient (Wildman–Crippen LogP) is 3.65. The first kappa shape index (κ1) is 19.4. The van der Waals surface area contributed by atoms with Gasteiger partial charge >= 0.3 is 0 Å². The summed E-state index contributed by atoms with van der Waals surface area (Å²) in [5.41, 5.74) is 7.62. The number of nitriles is 2. The van der Waals surface area contributed by atoms with E-state index in [9.17, 15) is 15.3 Å². The molecule has 0 aliphatic heterocycles. The Hall–Kier alpha value is -3.40. The van der Waals surface area contributed by atoms with Crippen molar-refractivity contribution in [3.63, 3.8) is 0 Å². The highest BCUT2D eigenvalue weighted by molar-refractivity contribution is 7.99. The minimum Gasteiger partial charge on any atom is -0.383 e. The number of amides is 1. The van der Waals surface area contributed by atoms with Crippen molar-refractivity contribution in [1.82, 2.24) is 9.97 Å². The van der Waals surface area contributed by atoms with Crippen LogP contribution in [0.1, 0.15) is 17.5 Å². The van der Waals surface area contributed by atoms with Crippen LogP contribution >= 0.6 is 23.1 Å². The maximum atomic E-state index is 12.1. The molecule has 0 spiro atoms. The average Bonchev–Trinajstić information content (AvgIpc) is 3.22. The molecule has 0 aromatic carbocycles. The molecule has 0 saturated heterocycles. The summed E-state index contributed by atoms with van der Waals surface area (Å²) >= 11 is 2.68. The molecule has 9 heteroatoms. The molecule has 3 N–H and O–H groups in total. The highest BCUT2D eigenvalue weighted by atomic mass is 32.2. The summed E-state index contributed by atoms with van der Waals surface area (Å²) in [5, 5.41) is 24.2. The zero-order valence-electron chi connectivity index (χ0n) is 14.5. The van der Waals surface area contributed by atoms with Gasteiger partial charge < -0.3 is 11.1 Å². The molecule has 0 aliphatic carbocycles. The molecule has 3 aromatic heterocycles. The van der Waals surface area contributed by atoms with E-state index in [2.05, 4.69) is 21.4 Å². The number of hydrogen-bond acceptors (Lipinski definition) is 8. The third kappa shape index (κ3) is 4.29. The summed E-state index contributed by atoms with van der Waals surface area (Å²) < 4.78 is 0. The van der Waals surface area contributed by atoms with Crippen LogP contribution in [0.5, 0.6) is 0 Å². The Morgan fingerprint density at radius 2 is 1.96 bits per heavy atom. The van der Waals surface area contributed by atoms with Crippen molar-refractivity contribution in [1.29, 1.82) is 10.5 Å². The van der Waals surface area contributed by atoms with Crippen molar-refractivity contribution < 1.29 is 4.79 Å². The molecule has 3 aromatic rings. The van der Waals surface area contributed by atoms with Crippen molar-refractivity contribution >= 4 is 40.5 Å². The zero-order chi connectivity index (χ0) is 19.9. The Kier molecular flexibility index (Phi) is 6.22. The fraction of sp³-hybridized carbons (Fsp3) is 0.105. The number of aromatic nitrogens is 2. The molecule has 28 heavy (non-hydrogen) atoms. The molecular formula is C19H14N6OS2. The second-order valence-corrected chi connectivity index (χ2v) is 7.54. The van der Waals surface area contributed by atoms with Gasteiger partial charge in [-0.15, -0.1) is 23.1 Å². The normalized spacial score (nSPS) is 10.1. The van der Waals surface area contributed by atoms with Gasteiger partial charge in [0.05, 0.1) is 5.56 Å². The van der Waals surface area contributed by atoms with E-state index in [1.54, 1.807) is 24.5 Å². The number of nitrogen functional groups attached to an aromatic ring is 1. The van der Waals surface area contributed by atoms with Crippen LogP contribution < -0.4 is 11.1 Å². The fourth-order valence-corrected chi connectivity index (χ4v) is 4.19. The van der Waals surface area contributed by atoms with Gasteiger partial charge in [0.2, 0.25) is 5.91 Å². The number of thioether (sulfide) groups is 1. The Bertz CT molecular complexity index is 1070. The molecule has 0 radical (unpaired) electrons. The average molecular weight is 406 g/mol. The third-order valence-electron chi connectivity index (χ3n) is 3.72. The monoisotopic (exact) mass is 406 g/mol. The van der Waals surface area contributed by atoms with Crippen LogP contribution in [-0.2, 0) is 4.79 Å². The van der Waals surface area contributed by atoms with Crippen LogP contribution in [0.3, 0.4) is 0 Å². The van der Waals surface area contributed by atoms with Gasteiger partial charge in [-0.2, -0.15) is 10.5 Å². The molecule has 3 heterocycles. The predicted molar refractivity (Wildman–Crippen MR) is 110 cm³/mol. The Morgan fingerprint density at radius 1 is 1.21 bits per heavy atom. The topological polar surface area (TPSA) is 128 Å². The lowest BCUT2D eigenvalue weighted by Gasteiger charge is -2.11. The minimum atomic E-state index is -0.155. The summed E-state index contributed by atoms with van der Waals surface area (Å²) in [5.74, 6) is 0.333. The summed E-state index contributed by atoms with van der Waals surface area (Å²) in [4.78, 5) is 21.0. The lowest BCUT2D eigenvalue weighted by atomic mass is 10.0. The second kappa shape index (κ2) is 9.00. The van der Waals surface area contributed by atoms with Crippen LogP contribution in [0.4, 0.5) is 11.5 Å². The third-order valence-corrected chi connectivity index (χ3v) is 5.58. The van der Waals surface area contributed by atoms with Gasteiger partial charge in [0.1, 0.15) is 28.5 Å². The molecule has 138 valence electrons. The number of nitrogens with one attached hydrogen (secondary N) is 1. The fourth-order valence-electron chi connectivity index (χ4n) is 2.47. The molecule has 0 saturated carbocycles. The number of anilines is 2. The van der Waals surface area contributed by atoms with Crippen molar-refractivity contribution in [3.05, 3.63) is 53.2 Å². The summed E-state index contributed by atoms with van der Waals surface area (Å²) in [6.07, 6.45) is 3.42. The maximum absolute atomic E-state index is 12.1. The molecule has 0 fully saturated rings. The van der Waals surface area contributed by atoms with Crippen LogP contribution in [0.25, 0.3) is 10.4 Å². The van der Waals surface area contributed by atoms with E-state index in [0.717, 1.165) is 4.88 Å². The number of rotatable bonds is 6. The largest absolute Gasteiger partial charge is 0.383 e. The van der Waals surface area contributed by atoms with Crippen LogP contribution in [0, 0.1) is 22.7 Å². The first-order valence-corrected chi connectivity index (χ1v) is 10.0. The highest BCUT2D eigenvalue weighted by Crippen LogP contribution is 2.37. The van der Waals surface area contributed by atoms with E-state index in [4.69, 9.17) is 5.73 Å². The molecule has 0 aliphatic rings. The van der Waals surface area contributed by atoms with Gasteiger partial charge in [-0.05, 0) is 23.6 Å². The van der Waals surface area contributed by atoms with Gasteiger partial charge in [0, 0.05) is 40.7 Å². The zero-order valence-corrected chi connectivity index (χ0v) is 16.2. The van der Waals surface area contributed by atoms with E-state index in [0.29, 0.717) is 27.6 Å². The van der Waals surface area contributed by atoms with E-state index < -0.39 is 0 Å². The number of nitrogens with zero attached hydrogens (tertiary/aromatic N) is 4. The second-order valence-electron chi connectivity index (χ2n) is 5.51. The van der Waals surface area contributed by atoms with E-state index in [-0.39, 0.29) is 23.7 Å². The Balaban J connectivity index is 1.78. The number of pyridine rings is 2. The lowest BCUT2D eigenvalue weighted by Crippen LogP contribution is -2.12. The Labute approximate surface area is 169 Å². The summed E-state index contributed by atoms with van der Waals surface area (Å²) in [6.45, 7) is 0. The Morgan fingerprint density at radius 3 is 2.61 bits per heavy atom. The summed E-state index contributed by atoms with van der Waals surface area (Å²) in [6, 6.07) is 11.3. The first-order chi connectivity index (χ1) is 13.6. The van der Waals surface area contributed by atoms with Crippen LogP contribution in [-0.4, -0.2) is 21.6 Å². The molecule has 7 nitrogen and oxygen atoms in total. The van der Waals surface area contributed by atoms with Crippen molar-refractivity contribution in [2.24, 2.45) is 0 Å². The number of nitrogens with two attached hydrogens (primary N) is 1. The maximum Gasteiger partial charge on any atom is 0.225 e. The van der Waals surface area contributed by atoms with Gasteiger partial charge in [-0.3, -0.25) is 9.78 Å². The molecule has 0 unspecified atom stereocenters.